The van der Waals surface area contributed by atoms with Gasteiger partial charge in [0, 0.05) is 38.2 Å². The monoisotopic (exact) mass is 461 g/mol. The smallest absolute Gasteiger partial charge is 0.239 e. The molecule has 0 saturated carbocycles. The van der Waals surface area contributed by atoms with Crippen LogP contribution in [0.5, 0.6) is 0 Å². The molecule has 2 amide bonds. The summed E-state index contributed by atoms with van der Waals surface area (Å²) in [5.74, 6) is 0.398. The Morgan fingerprint density at radius 3 is 2.39 bits per heavy atom. The van der Waals surface area contributed by atoms with Crippen LogP contribution in [0.3, 0.4) is 0 Å². The van der Waals surface area contributed by atoms with Crippen LogP contribution < -0.4 is 5.32 Å². The van der Waals surface area contributed by atoms with Crippen LogP contribution in [0, 0.1) is 0 Å². The van der Waals surface area contributed by atoms with Crippen LogP contribution in [0.25, 0.3) is 11.3 Å². The van der Waals surface area contributed by atoms with Gasteiger partial charge in [0.15, 0.2) is 5.82 Å². The molecule has 8 heteroatoms. The molecule has 1 aromatic heterocycles. The Hall–Kier alpha value is -3.10. The van der Waals surface area contributed by atoms with Crippen molar-refractivity contribution < 1.29 is 9.59 Å². The number of aromatic nitrogens is 2. The van der Waals surface area contributed by atoms with Gasteiger partial charge < -0.3 is 15.1 Å². The number of benzene rings is 2. The topological polar surface area (TPSA) is 81.3 Å². The van der Waals surface area contributed by atoms with Gasteiger partial charge in [-0.3, -0.25) is 14.7 Å². The number of anilines is 1. The second kappa shape index (κ2) is 9.41. The molecule has 0 spiro atoms. The van der Waals surface area contributed by atoms with E-state index in [-0.39, 0.29) is 23.5 Å². The summed E-state index contributed by atoms with van der Waals surface area (Å²) in [5.41, 5.74) is 3.92. The number of fused-ring (bicyclic) bond motifs is 1. The molecule has 2 N–H and O–H groups in total. The van der Waals surface area contributed by atoms with Gasteiger partial charge in [-0.1, -0.05) is 60.7 Å². The van der Waals surface area contributed by atoms with E-state index in [1.165, 1.54) is 11.8 Å². The van der Waals surface area contributed by atoms with E-state index in [1.54, 1.807) is 0 Å². The zero-order chi connectivity index (χ0) is 22.8. The number of nitrogens with zero attached hydrogens (tertiary/aromatic N) is 3. The minimum Gasteiger partial charge on any atom is -0.340 e. The largest absolute Gasteiger partial charge is 0.340 e. The molecule has 2 atom stereocenters. The fourth-order valence-corrected chi connectivity index (χ4v) is 5.80. The molecular formula is C25H27N5O2S. The Morgan fingerprint density at radius 2 is 1.70 bits per heavy atom. The Morgan fingerprint density at radius 1 is 1.03 bits per heavy atom. The molecule has 33 heavy (non-hydrogen) atoms. The highest BCUT2D eigenvalue weighted by Crippen LogP contribution is 2.47. The van der Waals surface area contributed by atoms with Crippen molar-refractivity contribution in [2.45, 2.75) is 16.9 Å². The second-order valence-electron chi connectivity index (χ2n) is 8.52. The lowest BCUT2D eigenvalue weighted by Gasteiger charge is -2.33. The van der Waals surface area contributed by atoms with Crippen LogP contribution in [0.1, 0.15) is 22.8 Å². The van der Waals surface area contributed by atoms with E-state index >= 15 is 0 Å². The first kappa shape index (κ1) is 21.7. The maximum Gasteiger partial charge on any atom is 0.239 e. The Labute approximate surface area is 197 Å². The maximum absolute atomic E-state index is 13.2. The van der Waals surface area contributed by atoms with Crippen molar-refractivity contribution >= 4 is 29.4 Å². The van der Waals surface area contributed by atoms with Crippen molar-refractivity contribution in [3.8, 4) is 11.3 Å². The molecule has 5 rings (SSSR count). The van der Waals surface area contributed by atoms with Crippen molar-refractivity contribution in [3.05, 3.63) is 71.8 Å². The van der Waals surface area contributed by atoms with Gasteiger partial charge in [0.05, 0.1) is 16.2 Å². The summed E-state index contributed by atoms with van der Waals surface area (Å²) in [6.07, 6.45) is 0.179. The van der Waals surface area contributed by atoms with Gasteiger partial charge in [0.25, 0.3) is 0 Å². The highest BCUT2D eigenvalue weighted by atomic mass is 32.2. The lowest BCUT2D eigenvalue weighted by atomic mass is 10.00. The first-order chi connectivity index (χ1) is 16.1. The van der Waals surface area contributed by atoms with Crippen LogP contribution in [0.2, 0.25) is 0 Å². The minimum atomic E-state index is -0.500. The van der Waals surface area contributed by atoms with Crippen molar-refractivity contribution in [3.63, 3.8) is 0 Å². The summed E-state index contributed by atoms with van der Waals surface area (Å²) in [5, 5.41) is 9.95. The van der Waals surface area contributed by atoms with E-state index in [1.807, 2.05) is 53.4 Å². The van der Waals surface area contributed by atoms with E-state index in [0.717, 1.165) is 35.5 Å². The molecule has 0 radical (unpaired) electrons. The Kier molecular flexibility index (Phi) is 6.20. The number of likely N-dealkylation sites (N-methyl/N-ethyl adjacent to an activating group) is 1. The average Bonchev–Trinajstić information content (AvgIpc) is 3.20. The third-order valence-corrected chi connectivity index (χ3v) is 7.77. The second-order valence-corrected chi connectivity index (χ2v) is 9.83. The van der Waals surface area contributed by atoms with Crippen LogP contribution in [0.15, 0.2) is 60.7 Å². The molecule has 0 aliphatic carbocycles. The highest BCUT2D eigenvalue weighted by Gasteiger charge is 2.37. The highest BCUT2D eigenvalue weighted by molar-refractivity contribution is 8.01. The van der Waals surface area contributed by atoms with Gasteiger partial charge in [-0.25, -0.2) is 0 Å². The molecule has 2 aromatic carbocycles. The predicted molar refractivity (Wildman–Crippen MR) is 131 cm³/mol. The van der Waals surface area contributed by atoms with E-state index < -0.39 is 5.25 Å². The first-order valence-corrected chi connectivity index (χ1v) is 12.2. The van der Waals surface area contributed by atoms with Gasteiger partial charge in [0.2, 0.25) is 11.8 Å². The molecule has 1 fully saturated rings. The van der Waals surface area contributed by atoms with Crippen molar-refractivity contribution in [2.75, 3.05) is 38.5 Å². The molecule has 3 aromatic rings. The molecule has 7 nitrogen and oxygen atoms in total. The predicted octanol–water partition coefficient (Wildman–Crippen LogP) is 3.38. The number of carbonyl (C=O) groups excluding carboxylic acids is 2. The number of carbonyl (C=O) groups is 2. The lowest BCUT2D eigenvalue weighted by Crippen LogP contribution is -2.48. The number of hydrogen-bond acceptors (Lipinski definition) is 5. The number of thioether (sulfide) groups is 1. The number of piperazine rings is 1. The van der Waals surface area contributed by atoms with Gasteiger partial charge >= 0.3 is 0 Å². The third kappa shape index (κ3) is 4.54. The minimum absolute atomic E-state index is 0.0342. The van der Waals surface area contributed by atoms with Crippen LogP contribution in [-0.4, -0.2) is 70.3 Å². The van der Waals surface area contributed by atoms with E-state index in [4.69, 9.17) is 0 Å². The zero-order valence-corrected chi connectivity index (χ0v) is 19.3. The summed E-state index contributed by atoms with van der Waals surface area (Å²) >= 11 is 1.53. The molecular weight excluding hydrogens is 434 g/mol. The number of rotatable bonds is 4. The van der Waals surface area contributed by atoms with Crippen LogP contribution >= 0.6 is 11.8 Å². The van der Waals surface area contributed by atoms with E-state index in [0.29, 0.717) is 18.9 Å². The van der Waals surface area contributed by atoms with Crippen LogP contribution in [-0.2, 0) is 9.59 Å². The fourth-order valence-electron chi connectivity index (χ4n) is 4.37. The number of aromatic amines is 1. The summed E-state index contributed by atoms with van der Waals surface area (Å²) in [4.78, 5) is 30.4. The molecule has 2 aliphatic rings. The summed E-state index contributed by atoms with van der Waals surface area (Å²) in [6, 6.07) is 20.1. The fraction of sp³-hybridized carbons (Fsp3) is 0.320. The van der Waals surface area contributed by atoms with E-state index in [2.05, 4.69) is 39.6 Å². The first-order valence-electron chi connectivity index (χ1n) is 11.2. The van der Waals surface area contributed by atoms with Crippen LogP contribution in [0.4, 0.5) is 5.82 Å². The van der Waals surface area contributed by atoms with Crippen molar-refractivity contribution in [2.24, 2.45) is 0 Å². The number of H-pyrrole nitrogens is 1. The van der Waals surface area contributed by atoms with Gasteiger partial charge in [-0.2, -0.15) is 5.10 Å². The number of nitrogens with one attached hydrogen (secondary N) is 2. The van der Waals surface area contributed by atoms with Crippen molar-refractivity contribution in [1.82, 2.24) is 20.0 Å². The normalized spacial score (nSPS) is 21.2. The molecule has 2 unspecified atom stereocenters. The third-order valence-electron chi connectivity index (χ3n) is 6.28. The maximum atomic E-state index is 13.2. The lowest BCUT2D eigenvalue weighted by molar-refractivity contribution is -0.134. The summed E-state index contributed by atoms with van der Waals surface area (Å²) in [7, 11) is 2.06. The molecule has 3 heterocycles. The zero-order valence-electron chi connectivity index (χ0n) is 18.5. The number of hydrogen-bond donors (Lipinski definition) is 2. The Balaban J connectivity index is 1.48. The van der Waals surface area contributed by atoms with Gasteiger partial charge in [-0.15, -0.1) is 11.8 Å². The van der Waals surface area contributed by atoms with Gasteiger partial charge in [0.1, 0.15) is 0 Å². The summed E-state index contributed by atoms with van der Waals surface area (Å²) in [6.45, 7) is 3.13. The van der Waals surface area contributed by atoms with Gasteiger partial charge in [-0.05, 0) is 18.2 Å². The number of amides is 2. The molecule has 1 saturated heterocycles. The van der Waals surface area contributed by atoms with Crippen molar-refractivity contribution in [1.29, 1.82) is 0 Å². The quantitative estimate of drug-likeness (QED) is 0.623. The molecule has 2 aliphatic heterocycles. The molecule has 170 valence electrons. The van der Waals surface area contributed by atoms with E-state index in [9.17, 15) is 9.59 Å². The molecule has 0 bridgehead atoms. The average molecular weight is 462 g/mol. The standard InChI is InChI=1S/C25H27N5O2S/c1-29-12-14-30(15-13-29)20(31)16-19-25(32)26-24-21(23(33-19)18-10-6-3-7-11-18)22(27-28-24)17-8-4-2-5-9-17/h2-11,19,23H,12-16H2,1H3,(H2,26,27,28,32). The Bertz CT molecular complexity index is 1130. The SMILES string of the molecule is CN1CCN(C(=O)CC2SC(c3ccccc3)c3c(n[nH]c3-c3ccccc3)NC2=O)CC1. The summed E-state index contributed by atoms with van der Waals surface area (Å²) < 4.78 is 0.